The Morgan fingerprint density at radius 2 is 1.56 bits per heavy atom. The molecule has 0 bridgehead atoms. The van der Waals surface area contributed by atoms with Crippen LogP contribution in [0.25, 0.3) is 0 Å². The standard InChI is InChI=1S/C15H29N/c1-12(2)16-10-15(11-16)8-6-13(7-9-15)14(3,4)5/h12-13H,6-11H2,1-5H3. The third-order valence-electron chi connectivity index (χ3n) is 5.08. The summed E-state index contributed by atoms with van der Waals surface area (Å²) in [5.41, 5.74) is 1.26. The average molecular weight is 223 g/mol. The van der Waals surface area contributed by atoms with Gasteiger partial charge in [-0.05, 0) is 56.3 Å². The molecule has 1 aliphatic heterocycles. The lowest BCUT2D eigenvalue weighted by Gasteiger charge is -2.56. The van der Waals surface area contributed by atoms with Gasteiger partial charge in [0.25, 0.3) is 0 Å². The molecule has 0 aromatic heterocycles. The van der Waals surface area contributed by atoms with E-state index < -0.39 is 0 Å². The fourth-order valence-electron chi connectivity index (χ4n) is 3.59. The van der Waals surface area contributed by atoms with Crippen LogP contribution in [-0.4, -0.2) is 24.0 Å². The monoisotopic (exact) mass is 223 g/mol. The number of nitrogens with zero attached hydrogens (tertiary/aromatic N) is 1. The molecule has 1 saturated carbocycles. The molecule has 1 spiro atoms. The zero-order chi connectivity index (χ0) is 12.0. The summed E-state index contributed by atoms with van der Waals surface area (Å²) in [5.74, 6) is 0.964. The molecule has 1 aliphatic carbocycles. The molecule has 1 saturated heterocycles. The summed E-state index contributed by atoms with van der Waals surface area (Å²) < 4.78 is 0. The summed E-state index contributed by atoms with van der Waals surface area (Å²) in [5, 5.41) is 0. The van der Waals surface area contributed by atoms with Crippen molar-refractivity contribution in [3.05, 3.63) is 0 Å². The molecule has 16 heavy (non-hydrogen) atoms. The highest BCUT2D eigenvalue weighted by atomic mass is 15.2. The van der Waals surface area contributed by atoms with Gasteiger partial charge in [0.2, 0.25) is 0 Å². The summed E-state index contributed by atoms with van der Waals surface area (Å²) in [4.78, 5) is 2.64. The van der Waals surface area contributed by atoms with Crippen molar-refractivity contribution in [3.8, 4) is 0 Å². The third kappa shape index (κ3) is 2.30. The third-order valence-corrected chi connectivity index (χ3v) is 5.08. The second-order valence-corrected chi connectivity index (χ2v) is 7.64. The predicted octanol–water partition coefficient (Wildman–Crippen LogP) is 3.93. The highest BCUT2D eigenvalue weighted by Crippen LogP contribution is 2.49. The second-order valence-electron chi connectivity index (χ2n) is 7.64. The molecule has 0 N–H and O–H groups in total. The van der Waals surface area contributed by atoms with Crippen LogP contribution in [0.5, 0.6) is 0 Å². The zero-order valence-electron chi connectivity index (χ0n) is 11.8. The van der Waals surface area contributed by atoms with Gasteiger partial charge in [-0.25, -0.2) is 0 Å². The first kappa shape index (κ1) is 12.4. The van der Waals surface area contributed by atoms with Crippen LogP contribution in [0.15, 0.2) is 0 Å². The molecule has 2 aliphatic rings. The van der Waals surface area contributed by atoms with Crippen molar-refractivity contribution in [2.45, 2.75) is 66.3 Å². The smallest absolute Gasteiger partial charge is 0.00532 e. The van der Waals surface area contributed by atoms with Crippen LogP contribution in [-0.2, 0) is 0 Å². The van der Waals surface area contributed by atoms with Gasteiger partial charge in [-0.2, -0.15) is 0 Å². The molecule has 0 amide bonds. The van der Waals surface area contributed by atoms with E-state index in [2.05, 4.69) is 39.5 Å². The van der Waals surface area contributed by atoms with E-state index in [0.29, 0.717) is 5.41 Å². The molecule has 1 nitrogen and oxygen atoms in total. The van der Waals surface area contributed by atoms with Crippen molar-refractivity contribution >= 4 is 0 Å². The van der Waals surface area contributed by atoms with E-state index in [4.69, 9.17) is 0 Å². The Kier molecular flexibility index (Phi) is 3.11. The van der Waals surface area contributed by atoms with Gasteiger partial charge in [0.05, 0.1) is 0 Å². The highest BCUT2D eigenvalue weighted by Gasteiger charge is 2.46. The van der Waals surface area contributed by atoms with E-state index in [-0.39, 0.29) is 0 Å². The normalized spacial score (nSPS) is 27.4. The molecule has 0 unspecified atom stereocenters. The molecule has 1 heterocycles. The van der Waals surface area contributed by atoms with Crippen molar-refractivity contribution < 1.29 is 0 Å². The lowest BCUT2D eigenvalue weighted by molar-refractivity contribution is -0.0646. The summed E-state index contributed by atoms with van der Waals surface area (Å²) >= 11 is 0. The van der Waals surface area contributed by atoms with Gasteiger partial charge in [0, 0.05) is 19.1 Å². The Hall–Kier alpha value is -0.0400. The Bertz CT molecular complexity index is 233. The van der Waals surface area contributed by atoms with E-state index in [1.165, 1.54) is 38.8 Å². The Labute approximate surface area is 102 Å². The summed E-state index contributed by atoms with van der Waals surface area (Å²) in [6.45, 7) is 14.6. The second kappa shape index (κ2) is 4.01. The van der Waals surface area contributed by atoms with E-state index in [1.54, 1.807) is 0 Å². The van der Waals surface area contributed by atoms with Crippen LogP contribution < -0.4 is 0 Å². The molecule has 0 aromatic carbocycles. The highest BCUT2D eigenvalue weighted by molar-refractivity contribution is 4.99. The minimum absolute atomic E-state index is 0.531. The minimum atomic E-state index is 0.531. The van der Waals surface area contributed by atoms with Gasteiger partial charge in [0.15, 0.2) is 0 Å². The lowest BCUT2D eigenvalue weighted by atomic mass is 9.61. The van der Waals surface area contributed by atoms with Gasteiger partial charge in [0.1, 0.15) is 0 Å². The van der Waals surface area contributed by atoms with Crippen molar-refractivity contribution in [3.63, 3.8) is 0 Å². The summed E-state index contributed by atoms with van der Waals surface area (Å²) in [6.07, 6.45) is 5.90. The van der Waals surface area contributed by atoms with Gasteiger partial charge < -0.3 is 0 Å². The van der Waals surface area contributed by atoms with Crippen molar-refractivity contribution in [2.24, 2.45) is 16.7 Å². The maximum Gasteiger partial charge on any atom is 0.00532 e. The SMILES string of the molecule is CC(C)N1CC2(CCC(C(C)(C)C)CC2)C1. The molecule has 2 rings (SSSR count). The fourth-order valence-corrected chi connectivity index (χ4v) is 3.59. The molecule has 94 valence electrons. The molecule has 0 aromatic rings. The van der Waals surface area contributed by atoms with Crippen LogP contribution in [0, 0.1) is 16.7 Å². The maximum absolute atomic E-state index is 2.64. The van der Waals surface area contributed by atoms with Crippen LogP contribution in [0.2, 0.25) is 0 Å². The van der Waals surface area contributed by atoms with Gasteiger partial charge in [-0.15, -0.1) is 0 Å². The van der Waals surface area contributed by atoms with Crippen molar-refractivity contribution in [1.29, 1.82) is 0 Å². The molecule has 1 heteroatoms. The Morgan fingerprint density at radius 1 is 1.06 bits per heavy atom. The van der Waals surface area contributed by atoms with Gasteiger partial charge in [-0.3, -0.25) is 4.90 Å². The number of hydrogen-bond acceptors (Lipinski definition) is 1. The zero-order valence-corrected chi connectivity index (χ0v) is 11.8. The fraction of sp³-hybridized carbons (Fsp3) is 1.00. The lowest BCUT2D eigenvalue weighted by Crippen LogP contribution is -2.59. The first-order chi connectivity index (χ1) is 7.32. The van der Waals surface area contributed by atoms with E-state index in [0.717, 1.165) is 17.4 Å². The molecule has 0 radical (unpaired) electrons. The maximum atomic E-state index is 2.64. The Balaban J connectivity index is 1.83. The van der Waals surface area contributed by atoms with E-state index in [9.17, 15) is 0 Å². The number of likely N-dealkylation sites (tertiary alicyclic amines) is 1. The summed E-state index contributed by atoms with van der Waals surface area (Å²) in [7, 11) is 0. The predicted molar refractivity (Wildman–Crippen MR) is 70.6 cm³/mol. The first-order valence-electron chi connectivity index (χ1n) is 7.06. The topological polar surface area (TPSA) is 3.24 Å². The van der Waals surface area contributed by atoms with E-state index in [1.807, 2.05) is 0 Å². The molecular weight excluding hydrogens is 194 g/mol. The molecule has 0 atom stereocenters. The molecular formula is C15H29N. The van der Waals surface area contributed by atoms with Crippen LogP contribution in [0.4, 0.5) is 0 Å². The quantitative estimate of drug-likeness (QED) is 0.651. The number of rotatable bonds is 1. The van der Waals surface area contributed by atoms with Gasteiger partial charge >= 0.3 is 0 Å². The first-order valence-corrected chi connectivity index (χ1v) is 7.06. The van der Waals surface area contributed by atoms with Crippen LogP contribution in [0.3, 0.4) is 0 Å². The van der Waals surface area contributed by atoms with E-state index >= 15 is 0 Å². The average Bonchev–Trinajstić information content (AvgIpc) is 2.12. The number of hydrogen-bond donors (Lipinski definition) is 0. The van der Waals surface area contributed by atoms with Crippen molar-refractivity contribution in [2.75, 3.05) is 13.1 Å². The Morgan fingerprint density at radius 3 is 1.94 bits per heavy atom. The van der Waals surface area contributed by atoms with Crippen LogP contribution >= 0.6 is 0 Å². The summed E-state index contributed by atoms with van der Waals surface area (Å²) in [6, 6.07) is 0.756. The van der Waals surface area contributed by atoms with Crippen LogP contribution in [0.1, 0.15) is 60.3 Å². The van der Waals surface area contributed by atoms with Crippen molar-refractivity contribution in [1.82, 2.24) is 4.90 Å². The largest absolute Gasteiger partial charge is 0.300 e. The van der Waals surface area contributed by atoms with Gasteiger partial charge in [-0.1, -0.05) is 20.8 Å². The molecule has 2 fully saturated rings. The minimum Gasteiger partial charge on any atom is -0.300 e.